The van der Waals surface area contributed by atoms with Crippen LogP contribution in [0.3, 0.4) is 0 Å². The summed E-state index contributed by atoms with van der Waals surface area (Å²) in [7, 11) is 0. The Kier molecular flexibility index (Phi) is 4.26. The van der Waals surface area contributed by atoms with Crippen molar-refractivity contribution in [2.45, 2.75) is 31.8 Å². The first kappa shape index (κ1) is 10.9. The minimum atomic E-state index is 0.538. The molecule has 0 saturated carbocycles. The first-order chi connectivity index (χ1) is 6.88. The van der Waals surface area contributed by atoms with Gasteiger partial charge in [-0.2, -0.15) is 0 Å². The van der Waals surface area contributed by atoms with E-state index in [1.165, 1.54) is 50.6 Å². The molecule has 0 aromatic rings. The highest BCUT2D eigenvalue weighted by molar-refractivity contribution is 9.09. The van der Waals surface area contributed by atoms with Crippen molar-refractivity contribution >= 4 is 15.9 Å². The molecule has 2 fully saturated rings. The second-order valence-corrected chi connectivity index (χ2v) is 5.18. The van der Waals surface area contributed by atoms with Crippen LogP contribution in [0.15, 0.2) is 0 Å². The average Bonchev–Trinajstić information content (AvgIpc) is 2.72. The zero-order valence-electron chi connectivity index (χ0n) is 8.75. The maximum absolute atomic E-state index is 5.66. The predicted molar refractivity (Wildman–Crippen MR) is 61.9 cm³/mol. The number of ether oxygens (including phenoxy) is 1. The van der Waals surface area contributed by atoms with Gasteiger partial charge in [-0.25, -0.2) is 0 Å². The fraction of sp³-hybridized carbons (Fsp3) is 1.00. The average molecular weight is 262 g/mol. The molecule has 0 spiro atoms. The Hall–Kier alpha value is 0.400. The maximum atomic E-state index is 5.66. The van der Waals surface area contributed by atoms with Crippen LogP contribution in [0.1, 0.15) is 25.7 Å². The standard InChI is InChI=1S/C11H20BrNO/c12-8-10-3-5-13(6-4-10)9-11-2-1-7-14-11/h10-11H,1-9H2. The predicted octanol–water partition coefficient (Wildman–Crippen LogP) is 2.27. The Labute approximate surface area is 95.1 Å². The van der Waals surface area contributed by atoms with Gasteiger partial charge in [0.2, 0.25) is 0 Å². The van der Waals surface area contributed by atoms with Gasteiger partial charge in [-0.1, -0.05) is 15.9 Å². The molecule has 3 heteroatoms. The smallest absolute Gasteiger partial charge is 0.0702 e. The van der Waals surface area contributed by atoms with Crippen molar-refractivity contribution in [2.75, 3.05) is 31.6 Å². The third-order valence-corrected chi connectivity index (χ3v) is 4.33. The zero-order chi connectivity index (χ0) is 9.80. The maximum Gasteiger partial charge on any atom is 0.0702 e. The summed E-state index contributed by atoms with van der Waals surface area (Å²) >= 11 is 3.58. The van der Waals surface area contributed by atoms with E-state index in [0.29, 0.717) is 6.10 Å². The van der Waals surface area contributed by atoms with Gasteiger partial charge in [-0.15, -0.1) is 0 Å². The van der Waals surface area contributed by atoms with Crippen LogP contribution in [-0.4, -0.2) is 42.6 Å². The van der Waals surface area contributed by atoms with E-state index >= 15 is 0 Å². The van der Waals surface area contributed by atoms with E-state index in [1.807, 2.05) is 0 Å². The Morgan fingerprint density at radius 2 is 2.00 bits per heavy atom. The topological polar surface area (TPSA) is 12.5 Å². The van der Waals surface area contributed by atoms with Gasteiger partial charge in [0.15, 0.2) is 0 Å². The van der Waals surface area contributed by atoms with Gasteiger partial charge in [0.25, 0.3) is 0 Å². The van der Waals surface area contributed by atoms with Crippen molar-refractivity contribution in [1.82, 2.24) is 4.90 Å². The summed E-state index contributed by atoms with van der Waals surface area (Å²) in [5.41, 5.74) is 0. The lowest BCUT2D eigenvalue weighted by Gasteiger charge is -2.32. The van der Waals surface area contributed by atoms with Crippen LogP contribution in [-0.2, 0) is 4.74 Å². The van der Waals surface area contributed by atoms with Crippen LogP contribution in [0.25, 0.3) is 0 Å². The van der Waals surface area contributed by atoms with Gasteiger partial charge in [0.1, 0.15) is 0 Å². The minimum absolute atomic E-state index is 0.538. The molecule has 0 bridgehead atoms. The molecule has 0 aromatic heterocycles. The highest BCUT2D eigenvalue weighted by Gasteiger charge is 2.23. The van der Waals surface area contributed by atoms with E-state index in [1.54, 1.807) is 0 Å². The van der Waals surface area contributed by atoms with E-state index in [4.69, 9.17) is 4.74 Å². The fourth-order valence-electron chi connectivity index (χ4n) is 2.40. The van der Waals surface area contributed by atoms with Crippen molar-refractivity contribution in [1.29, 1.82) is 0 Å². The molecule has 82 valence electrons. The Morgan fingerprint density at radius 3 is 2.57 bits per heavy atom. The number of rotatable bonds is 3. The molecule has 2 rings (SSSR count). The summed E-state index contributed by atoms with van der Waals surface area (Å²) in [5.74, 6) is 0.913. The normalized spacial score (nSPS) is 31.1. The van der Waals surface area contributed by atoms with Gasteiger partial charge >= 0.3 is 0 Å². The van der Waals surface area contributed by atoms with Crippen LogP contribution in [0.4, 0.5) is 0 Å². The Bertz CT molecular complexity index is 163. The minimum Gasteiger partial charge on any atom is -0.377 e. The molecule has 2 aliphatic heterocycles. The lowest BCUT2D eigenvalue weighted by Crippen LogP contribution is -2.39. The van der Waals surface area contributed by atoms with Crippen molar-refractivity contribution in [2.24, 2.45) is 5.92 Å². The van der Waals surface area contributed by atoms with Crippen molar-refractivity contribution in [3.05, 3.63) is 0 Å². The van der Waals surface area contributed by atoms with Crippen LogP contribution < -0.4 is 0 Å². The molecular formula is C11H20BrNO. The summed E-state index contributed by atoms with van der Waals surface area (Å²) in [6, 6.07) is 0. The van der Waals surface area contributed by atoms with Crippen LogP contribution in [0.2, 0.25) is 0 Å². The number of likely N-dealkylation sites (tertiary alicyclic amines) is 1. The first-order valence-corrected chi connectivity index (χ1v) is 6.90. The monoisotopic (exact) mass is 261 g/mol. The first-order valence-electron chi connectivity index (χ1n) is 5.78. The van der Waals surface area contributed by atoms with Crippen LogP contribution in [0.5, 0.6) is 0 Å². The largest absolute Gasteiger partial charge is 0.377 e. The molecule has 2 heterocycles. The highest BCUT2D eigenvalue weighted by Crippen LogP contribution is 2.21. The number of hydrogen-bond donors (Lipinski definition) is 0. The van der Waals surface area contributed by atoms with E-state index in [0.717, 1.165) is 12.5 Å². The van der Waals surface area contributed by atoms with Crippen LogP contribution in [0, 0.1) is 5.92 Å². The summed E-state index contributed by atoms with van der Waals surface area (Å²) < 4.78 is 5.66. The number of piperidine rings is 1. The zero-order valence-corrected chi connectivity index (χ0v) is 10.3. The Morgan fingerprint density at radius 1 is 1.21 bits per heavy atom. The molecule has 1 atom stereocenters. The van der Waals surface area contributed by atoms with Gasteiger partial charge in [-0.05, 0) is 44.7 Å². The lowest BCUT2D eigenvalue weighted by atomic mass is 9.99. The number of halogens is 1. The third kappa shape index (κ3) is 2.94. The molecule has 0 aliphatic carbocycles. The molecule has 1 unspecified atom stereocenters. The van der Waals surface area contributed by atoms with Crippen LogP contribution >= 0.6 is 15.9 Å². The van der Waals surface area contributed by atoms with Crippen molar-refractivity contribution in [3.63, 3.8) is 0 Å². The second-order valence-electron chi connectivity index (χ2n) is 4.53. The molecule has 2 nitrogen and oxygen atoms in total. The summed E-state index contributed by atoms with van der Waals surface area (Å²) in [6.45, 7) is 4.71. The third-order valence-electron chi connectivity index (χ3n) is 3.41. The number of nitrogens with zero attached hydrogens (tertiary/aromatic N) is 1. The summed E-state index contributed by atoms with van der Waals surface area (Å²) in [6.07, 6.45) is 5.80. The van der Waals surface area contributed by atoms with E-state index < -0.39 is 0 Å². The Balaban J connectivity index is 1.67. The van der Waals surface area contributed by atoms with Gasteiger partial charge in [0, 0.05) is 18.5 Å². The SMILES string of the molecule is BrCC1CCN(CC2CCCO2)CC1. The summed E-state index contributed by atoms with van der Waals surface area (Å²) in [4.78, 5) is 2.58. The molecule has 0 N–H and O–H groups in total. The quantitative estimate of drug-likeness (QED) is 0.723. The van der Waals surface area contributed by atoms with E-state index in [2.05, 4.69) is 20.8 Å². The molecule has 0 amide bonds. The molecule has 2 saturated heterocycles. The molecule has 2 aliphatic rings. The molecule has 0 aromatic carbocycles. The highest BCUT2D eigenvalue weighted by atomic mass is 79.9. The number of alkyl halides is 1. The summed E-state index contributed by atoms with van der Waals surface area (Å²) in [5, 5.41) is 1.18. The van der Waals surface area contributed by atoms with Crippen molar-refractivity contribution < 1.29 is 4.74 Å². The van der Waals surface area contributed by atoms with Gasteiger partial charge < -0.3 is 9.64 Å². The van der Waals surface area contributed by atoms with E-state index in [9.17, 15) is 0 Å². The van der Waals surface area contributed by atoms with Gasteiger partial charge in [0.05, 0.1) is 6.10 Å². The lowest BCUT2D eigenvalue weighted by molar-refractivity contribution is 0.0615. The fourth-order valence-corrected chi connectivity index (χ4v) is 3.05. The number of hydrogen-bond acceptors (Lipinski definition) is 2. The second kappa shape index (κ2) is 5.47. The molecule has 0 radical (unpaired) electrons. The van der Waals surface area contributed by atoms with Gasteiger partial charge in [-0.3, -0.25) is 0 Å². The van der Waals surface area contributed by atoms with E-state index in [-0.39, 0.29) is 0 Å². The molecule has 14 heavy (non-hydrogen) atoms. The molecular weight excluding hydrogens is 242 g/mol. The van der Waals surface area contributed by atoms with Crippen molar-refractivity contribution in [3.8, 4) is 0 Å².